The molecule has 1 atom stereocenters. The molecule has 1 fully saturated rings. The van der Waals surface area contributed by atoms with Crippen LogP contribution in [0.5, 0.6) is 0 Å². The first-order chi connectivity index (χ1) is 12.3. The van der Waals surface area contributed by atoms with E-state index < -0.39 is 10.0 Å². The van der Waals surface area contributed by atoms with E-state index in [1.54, 1.807) is 47.4 Å². The second kappa shape index (κ2) is 7.09. The summed E-state index contributed by atoms with van der Waals surface area (Å²) in [5.41, 5.74) is 6.72. The number of hydrogen-bond acceptors (Lipinski definition) is 4. The van der Waals surface area contributed by atoms with Gasteiger partial charge in [0, 0.05) is 24.3 Å². The topological polar surface area (TPSA) is 92.5 Å². The number of sulfonamides is 1. The molecule has 1 aliphatic rings. The predicted molar refractivity (Wildman–Crippen MR) is 101 cm³/mol. The first kappa shape index (κ1) is 18.4. The van der Waals surface area contributed by atoms with Crippen LogP contribution in [0.25, 0.3) is 0 Å². The summed E-state index contributed by atoms with van der Waals surface area (Å²) >= 11 is 0. The molecule has 0 spiro atoms. The molecule has 7 heteroatoms. The molecule has 2 aromatic rings. The molecular formula is C19H23N3O3S. The summed E-state index contributed by atoms with van der Waals surface area (Å²) in [6, 6.07) is 14.6. The molecule has 6 nitrogen and oxygen atoms in total. The third-order valence-electron chi connectivity index (χ3n) is 4.78. The number of nitrogens with zero attached hydrogens (tertiary/aromatic N) is 1. The third-order valence-corrected chi connectivity index (χ3v) is 6.17. The van der Waals surface area contributed by atoms with E-state index in [0.29, 0.717) is 30.9 Å². The minimum Gasteiger partial charge on any atom is -0.338 e. The van der Waals surface area contributed by atoms with Gasteiger partial charge >= 0.3 is 0 Å². The van der Waals surface area contributed by atoms with Gasteiger partial charge in [-0.3, -0.25) is 9.52 Å². The zero-order chi connectivity index (χ0) is 18.8. The van der Waals surface area contributed by atoms with Gasteiger partial charge in [-0.2, -0.15) is 0 Å². The summed E-state index contributed by atoms with van der Waals surface area (Å²) in [6.45, 7) is 3.97. The highest BCUT2D eigenvalue weighted by Gasteiger charge is 2.35. The Morgan fingerprint density at radius 1 is 1.15 bits per heavy atom. The van der Waals surface area contributed by atoms with Crippen molar-refractivity contribution in [2.75, 3.05) is 24.4 Å². The number of anilines is 1. The SMILES string of the molecule is CC1(CN)CCN(C(=O)c2ccc(NS(=O)(=O)c3ccccc3)cc2)C1. The summed E-state index contributed by atoms with van der Waals surface area (Å²) < 4.78 is 27.2. The number of carbonyl (C=O) groups excluding carboxylic acids is 1. The molecule has 1 aliphatic heterocycles. The van der Waals surface area contributed by atoms with Crippen molar-refractivity contribution in [2.24, 2.45) is 11.1 Å². The molecule has 0 aliphatic carbocycles. The van der Waals surface area contributed by atoms with E-state index in [1.807, 2.05) is 0 Å². The highest BCUT2D eigenvalue weighted by molar-refractivity contribution is 7.92. The second-order valence-electron chi connectivity index (χ2n) is 6.99. The van der Waals surface area contributed by atoms with Crippen LogP contribution in [0.1, 0.15) is 23.7 Å². The van der Waals surface area contributed by atoms with Gasteiger partial charge in [-0.05, 0) is 54.8 Å². The highest BCUT2D eigenvalue weighted by Crippen LogP contribution is 2.29. The van der Waals surface area contributed by atoms with Crippen LogP contribution in [0.15, 0.2) is 59.5 Å². The molecule has 0 aromatic heterocycles. The monoisotopic (exact) mass is 373 g/mol. The largest absolute Gasteiger partial charge is 0.338 e. The van der Waals surface area contributed by atoms with Crippen LogP contribution in [-0.4, -0.2) is 38.9 Å². The van der Waals surface area contributed by atoms with Crippen molar-refractivity contribution in [3.05, 3.63) is 60.2 Å². The number of likely N-dealkylation sites (tertiary alicyclic amines) is 1. The molecule has 1 amide bonds. The van der Waals surface area contributed by atoms with E-state index in [4.69, 9.17) is 5.73 Å². The fraction of sp³-hybridized carbons (Fsp3) is 0.316. The van der Waals surface area contributed by atoms with Gasteiger partial charge in [0.15, 0.2) is 0 Å². The molecule has 0 bridgehead atoms. The van der Waals surface area contributed by atoms with Gasteiger partial charge in [0.05, 0.1) is 4.90 Å². The predicted octanol–water partition coefficient (Wildman–Crippen LogP) is 2.30. The van der Waals surface area contributed by atoms with Crippen LogP contribution < -0.4 is 10.5 Å². The molecule has 0 radical (unpaired) electrons. The Kier molecular flexibility index (Phi) is 5.02. The van der Waals surface area contributed by atoms with Gasteiger partial charge in [0.1, 0.15) is 0 Å². The van der Waals surface area contributed by atoms with Crippen molar-refractivity contribution in [3.8, 4) is 0 Å². The Hall–Kier alpha value is -2.38. The molecule has 2 aromatic carbocycles. The summed E-state index contributed by atoms with van der Waals surface area (Å²) in [5, 5.41) is 0. The molecule has 3 rings (SSSR count). The standard InChI is InChI=1S/C19H23N3O3S/c1-19(13-20)11-12-22(14-19)18(23)15-7-9-16(10-8-15)21-26(24,25)17-5-3-2-4-6-17/h2-10,21H,11-14,20H2,1H3. The summed E-state index contributed by atoms with van der Waals surface area (Å²) in [4.78, 5) is 14.6. The Bertz CT molecular complexity index is 882. The van der Waals surface area contributed by atoms with Gasteiger partial charge in [-0.1, -0.05) is 25.1 Å². The van der Waals surface area contributed by atoms with Crippen molar-refractivity contribution in [2.45, 2.75) is 18.2 Å². The van der Waals surface area contributed by atoms with Gasteiger partial charge in [0.25, 0.3) is 15.9 Å². The van der Waals surface area contributed by atoms with Crippen molar-refractivity contribution in [3.63, 3.8) is 0 Å². The molecule has 1 saturated heterocycles. The molecule has 1 heterocycles. The molecule has 1 unspecified atom stereocenters. The first-order valence-corrected chi connectivity index (χ1v) is 9.99. The van der Waals surface area contributed by atoms with E-state index in [-0.39, 0.29) is 16.2 Å². The lowest BCUT2D eigenvalue weighted by Crippen LogP contribution is -2.34. The van der Waals surface area contributed by atoms with Crippen molar-refractivity contribution in [1.82, 2.24) is 4.90 Å². The fourth-order valence-corrected chi connectivity index (χ4v) is 4.12. The Balaban J connectivity index is 1.70. The van der Waals surface area contributed by atoms with Crippen LogP contribution in [-0.2, 0) is 10.0 Å². The fourth-order valence-electron chi connectivity index (χ4n) is 3.04. The lowest BCUT2D eigenvalue weighted by atomic mass is 9.90. The lowest BCUT2D eigenvalue weighted by Gasteiger charge is -2.22. The number of carbonyl (C=O) groups is 1. The van der Waals surface area contributed by atoms with Gasteiger partial charge in [0.2, 0.25) is 0 Å². The summed E-state index contributed by atoms with van der Waals surface area (Å²) in [7, 11) is -3.64. The molecule has 0 saturated carbocycles. The Morgan fingerprint density at radius 3 is 2.38 bits per heavy atom. The Labute approximate surface area is 154 Å². The number of benzene rings is 2. The van der Waals surface area contributed by atoms with Crippen molar-refractivity contribution in [1.29, 1.82) is 0 Å². The van der Waals surface area contributed by atoms with E-state index in [2.05, 4.69) is 11.6 Å². The van der Waals surface area contributed by atoms with Gasteiger partial charge in [-0.25, -0.2) is 8.42 Å². The van der Waals surface area contributed by atoms with Gasteiger partial charge in [-0.15, -0.1) is 0 Å². The Morgan fingerprint density at radius 2 is 1.81 bits per heavy atom. The maximum Gasteiger partial charge on any atom is 0.261 e. The zero-order valence-electron chi connectivity index (χ0n) is 14.7. The minimum atomic E-state index is -3.64. The molecular weight excluding hydrogens is 350 g/mol. The molecule has 26 heavy (non-hydrogen) atoms. The van der Waals surface area contributed by atoms with Crippen LogP contribution in [0, 0.1) is 5.41 Å². The van der Waals surface area contributed by atoms with Crippen LogP contribution in [0.4, 0.5) is 5.69 Å². The van der Waals surface area contributed by atoms with Crippen LogP contribution in [0.2, 0.25) is 0 Å². The average Bonchev–Trinajstić information content (AvgIpc) is 3.05. The average molecular weight is 373 g/mol. The molecule has 138 valence electrons. The van der Waals surface area contributed by atoms with Gasteiger partial charge < -0.3 is 10.6 Å². The smallest absolute Gasteiger partial charge is 0.261 e. The highest BCUT2D eigenvalue weighted by atomic mass is 32.2. The molecule has 3 N–H and O–H groups in total. The first-order valence-electron chi connectivity index (χ1n) is 8.50. The van der Waals surface area contributed by atoms with Crippen LogP contribution >= 0.6 is 0 Å². The van der Waals surface area contributed by atoms with Crippen LogP contribution in [0.3, 0.4) is 0 Å². The maximum absolute atomic E-state index is 12.6. The van der Waals surface area contributed by atoms with E-state index in [0.717, 1.165) is 6.42 Å². The third kappa shape index (κ3) is 3.89. The maximum atomic E-state index is 12.6. The minimum absolute atomic E-state index is 0.0269. The van der Waals surface area contributed by atoms with E-state index in [9.17, 15) is 13.2 Å². The number of amides is 1. The van der Waals surface area contributed by atoms with E-state index in [1.165, 1.54) is 12.1 Å². The lowest BCUT2D eigenvalue weighted by molar-refractivity contribution is 0.0777. The second-order valence-corrected chi connectivity index (χ2v) is 8.67. The number of rotatable bonds is 5. The quantitative estimate of drug-likeness (QED) is 0.841. The number of nitrogens with one attached hydrogen (secondary N) is 1. The van der Waals surface area contributed by atoms with Crippen molar-refractivity contribution < 1.29 is 13.2 Å². The van der Waals surface area contributed by atoms with Crippen molar-refractivity contribution >= 4 is 21.6 Å². The number of nitrogens with two attached hydrogens (primary N) is 1. The summed E-state index contributed by atoms with van der Waals surface area (Å²) in [5.74, 6) is -0.0559. The van der Waals surface area contributed by atoms with E-state index >= 15 is 0 Å². The zero-order valence-corrected chi connectivity index (χ0v) is 15.5. The normalized spacial score (nSPS) is 20.2. The summed E-state index contributed by atoms with van der Waals surface area (Å²) in [6.07, 6.45) is 0.893. The number of hydrogen-bond donors (Lipinski definition) is 2.